The zero-order valence-corrected chi connectivity index (χ0v) is 9.57. The zero-order chi connectivity index (χ0) is 10.0. The van der Waals surface area contributed by atoms with E-state index in [1.807, 2.05) is 0 Å². The standard InChI is InChI=1S/C9H8BrClO2/c1-5(12)9-7(10)3-6(11)4-8(9)13-2/h3-4H,1-2H3. The molecular formula is C9H8BrClO2. The third-order valence-electron chi connectivity index (χ3n) is 1.59. The highest BCUT2D eigenvalue weighted by atomic mass is 79.9. The second-order valence-electron chi connectivity index (χ2n) is 2.52. The molecule has 0 fully saturated rings. The number of halogens is 2. The Morgan fingerprint density at radius 2 is 2.15 bits per heavy atom. The summed E-state index contributed by atoms with van der Waals surface area (Å²) < 4.78 is 5.69. The topological polar surface area (TPSA) is 26.3 Å². The number of carbonyl (C=O) groups is 1. The predicted molar refractivity (Wildman–Crippen MR) is 55.7 cm³/mol. The van der Waals surface area contributed by atoms with Gasteiger partial charge in [0.05, 0.1) is 12.7 Å². The number of methoxy groups -OCH3 is 1. The average Bonchev–Trinajstić information content (AvgIpc) is 2.01. The monoisotopic (exact) mass is 262 g/mol. The number of Topliss-reactive ketones (excluding diaryl/α,β-unsaturated/α-hetero) is 1. The van der Waals surface area contributed by atoms with Crippen LogP contribution in [0.1, 0.15) is 17.3 Å². The van der Waals surface area contributed by atoms with Crippen LogP contribution in [-0.2, 0) is 0 Å². The summed E-state index contributed by atoms with van der Waals surface area (Å²) in [5.74, 6) is 0.437. The van der Waals surface area contributed by atoms with Crippen molar-refractivity contribution in [2.45, 2.75) is 6.92 Å². The zero-order valence-electron chi connectivity index (χ0n) is 7.23. The van der Waals surface area contributed by atoms with Crippen molar-refractivity contribution < 1.29 is 9.53 Å². The van der Waals surface area contributed by atoms with Crippen LogP contribution < -0.4 is 4.74 Å². The van der Waals surface area contributed by atoms with Crippen molar-refractivity contribution in [1.29, 1.82) is 0 Å². The summed E-state index contributed by atoms with van der Waals surface area (Å²) in [5, 5.41) is 0.536. The molecule has 0 aliphatic carbocycles. The Morgan fingerprint density at radius 1 is 1.54 bits per heavy atom. The highest BCUT2D eigenvalue weighted by molar-refractivity contribution is 9.10. The molecule has 13 heavy (non-hydrogen) atoms. The van der Waals surface area contributed by atoms with Crippen LogP contribution in [0.3, 0.4) is 0 Å². The lowest BCUT2D eigenvalue weighted by Crippen LogP contribution is -1.98. The van der Waals surface area contributed by atoms with Crippen LogP contribution in [0.4, 0.5) is 0 Å². The first-order valence-electron chi connectivity index (χ1n) is 3.60. The van der Waals surface area contributed by atoms with Gasteiger partial charge in [0.25, 0.3) is 0 Å². The Bertz CT molecular complexity index is 350. The summed E-state index contributed by atoms with van der Waals surface area (Å²) in [7, 11) is 1.50. The molecule has 0 bridgehead atoms. The minimum Gasteiger partial charge on any atom is -0.496 e. The van der Waals surface area contributed by atoms with Gasteiger partial charge in [-0.15, -0.1) is 0 Å². The first-order chi connectivity index (χ1) is 6.06. The predicted octanol–water partition coefficient (Wildman–Crippen LogP) is 3.31. The molecule has 0 radical (unpaired) electrons. The fourth-order valence-electron chi connectivity index (χ4n) is 1.05. The lowest BCUT2D eigenvalue weighted by molar-refractivity contribution is 0.101. The molecule has 0 spiro atoms. The van der Waals surface area contributed by atoms with E-state index in [0.29, 0.717) is 20.8 Å². The molecule has 0 amide bonds. The molecule has 0 saturated heterocycles. The van der Waals surface area contributed by atoms with Crippen LogP contribution >= 0.6 is 27.5 Å². The van der Waals surface area contributed by atoms with Gasteiger partial charge >= 0.3 is 0 Å². The fourth-order valence-corrected chi connectivity index (χ4v) is 2.11. The van der Waals surface area contributed by atoms with Crippen molar-refractivity contribution in [3.05, 3.63) is 27.2 Å². The number of ether oxygens (including phenoxy) is 1. The third kappa shape index (κ3) is 2.23. The highest BCUT2D eigenvalue weighted by Crippen LogP contribution is 2.31. The van der Waals surface area contributed by atoms with Crippen LogP contribution in [0, 0.1) is 0 Å². The van der Waals surface area contributed by atoms with Gasteiger partial charge in [-0.05, 0) is 35.0 Å². The van der Waals surface area contributed by atoms with E-state index in [1.165, 1.54) is 14.0 Å². The van der Waals surface area contributed by atoms with E-state index < -0.39 is 0 Å². The summed E-state index contributed by atoms with van der Waals surface area (Å²) in [4.78, 5) is 11.2. The molecule has 0 aliphatic heterocycles. The van der Waals surface area contributed by atoms with E-state index in [2.05, 4.69) is 15.9 Å². The first kappa shape index (κ1) is 10.5. The van der Waals surface area contributed by atoms with E-state index >= 15 is 0 Å². The van der Waals surface area contributed by atoms with Gasteiger partial charge in [-0.25, -0.2) is 0 Å². The van der Waals surface area contributed by atoms with Gasteiger partial charge in [0.2, 0.25) is 0 Å². The molecule has 70 valence electrons. The molecule has 4 heteroatoms. The normalized spacial score (nSPS) is 9.85. The van der Waals surface area contributed by atoms with Crippen LogP contribution in [0.2, 0.25) is 5.02 Å². The molecule has 0 aromatic heterocycles. The minimum atomic E-state index is -0.0552. The molecule has 0 heterocycles. The highest BCUT2D eigenvalue weighted by Gasteiger charge is 2.13. The summed E-state index contributed by atoms with van der Waals surface area (Å²) in [6, 6.07) is 3.28. The maximum Gasteiger partial charge on any atom is 0.164 e. The van der Waals surface area contributed by atoms with Gasteiger partial charge in [-0.2, -0.15) is 0 Å². The molecular weight excluding hydrogens is 255 g/mol. The van der Waals surface area contributed by atoms with E-state index in [0.717, 1.165) is 0 Å². The van der Waals surface area contributed by atoms with E-state index in [1.54, 1.807) is 12.1 Å². The SMILES string of the molecule is COc1cc(Cl)cc(Br)c1C(C)=O. The quantitative estimate of drug-likeness (QED) is 0.765. The van der Waals surface area contributed by atoms with Gasteiger partial charge in [-0.1, -0.05) is 11.6 Å². The Kier molecular flexibility index (Phi) is 3.33. The molecule has 1 rings (SSSR count). The lowest BCUT2D eigenvalue weighted by Gasteiger charge is -2.07. The number of benzene rings is 1. The summed E-state index contributed by atoms with van der Waals surface area (Å²) in [6.45, 7) is 1.48. The number of hydrogen-bond donors (Lipinski definition) is 0. The largest absolute Gasteiger partial charge is 0.496 e. The van der Waals surface area contributed by atoms with Crippen molar-refractivity contribution in [2.24, 2.45) is 0 Å². The van der Waals surface area contributed by atoms with Gasteiger partial charge in [0, 0.05) is 9.50 Å². The van der Waals surface area contributed by atoms with Gasteiger partial charge < -0.3 is 4.74 Å². The van der Waals surface area contributed by atoms with Crippen molar-refractivity contribution in [3.63, 3.8) is 0 Å². The van der Waals surface area contributed by atoms with Crippen molar-refractivity contribution >= 4 is 33.3 Å². The van der Waals surface area contributed by atoms with Crippen molar-refractivity contribution in [3.8, 4) is 5.75 Å². The number of ketones is 1. The molecule has 2 nitrogen and oxygen atoms in total. The van der Waals surface area contributed by atoms with Crippen LogP contribution in [-0.4, -0.2) is 12.9 Å². The van der Waals surface area contributed by atoms with Crippen LogP contribution in [0.25, 0.3) is 0 Å². The van der Waals surface area contributed by atoms with Gasteiger partial charge in [0.1, 0.15) is 5.75 Å². The Morgan fingerprint density at radius 3 is 2.62 bits per heavy atom. The average molecular weight is 264 g/mol. The molecule has 0 atom stereocenters. The summed E-state index contributed by atoms with van der Waals surface area (Å²) in [5.41, 5.74) is 0.520. The summed E-state index contributed by atoms with van der Waals surface area (Å²) in [6.07, 6.45) is 0. The minimum absolute atomic E-state index is 0.0552. The van der Waals surface area contributed by atoms with Gasteiger partial charge in [-0.3, -0.25) is 4.79 Å². The summed E-state index contributed by atoms with van der Waals surface area (Å²) >= 11 is 9.04. The molecule has 1 aromatic carbocycles. The number of hydrogen-bond acceptors (Lipinski definition) is 2. The first-order valence-corrected chi connectivity index (χ1v) is 4.77. The maximum absolute atomic E-state index is 11.2. The third-order valence-corrected chi connectivity index (χ3v) is 2.43. The van der Waals surface area contributed by atoms with Crippen molar-refractivity contribution in [1.82, 2.24) is 0 Å². The smallest absolute Gasteiger partial charge is 0.164 e. The van der Waals surface area contributed by atoms with E-state index in [9.17, 15) is 4.79 Å². The number of carbonyl (C=O) groups excluding carboxylic acids is 1. The van der Waals surface area contributed by atoms with Gasteiger partial charge in [0.15, 0.2) is 5.78 Å². The fraction of sp³-hybridized carbons (Fsp3) is 0.222. The Labute approximate surface area is 90.0 Å². The van der Waals surface area contributed by atoms with Crippen LogP contribution in [0.5, 0.6) is 5.75 Å². The van der Waals surface area contributed by atoms with Crippen molar-refractivity contribution in [2.75, 3.05) is 7.11 Å². The molecule has 0 unspecified atom stereocenters. The molecule has 1 aromatic rings. The van der Waals surface area contributed by atoms with Crippen LogP contribution in [0.15, 0.2) is 16.6 Å². The number of rotatable bonds is 2. The Hall–Kier alpha value is -0.540. The molecule has 0 saturated carbocycles. The second kappa shape index (κ2) is 4.11. The molecule has 0 aliphatic rings. The van der Waals surface area contributed by atoms with E-state index in [4.69, 9.17) is 16.3 Å². The van der Waals surface area contributed by atoms with E-state index in [-0.39, 0.29) is 5.78 Å². The second-order valence-corrected chi connectivity index (χ2v) is 3.81. The lowest BCUT2D eigenvalue weighted by atomic mass is 10.1. The maximum atomic E-state index is 11.2. The molecule has 0 N–H and O–H groups in total. The Balaban J connectivity index is 3.38.